The van der Waals surface area contributed by atoms with E-state index in [0.717, 1.165) is 33.2 Å². The van der Waals surface area contributed by atoms with Gasteiger partial charge in [0.15, 0.2) is 28.3 Å². The van der Waals surface area contributed by atoms with Crippen molar-refractivity contribution < 1.29 is 14.3 Å². The molecule has 1 aliphatic heterocycles. The van der Waals surface area contributed by atoms with Crippen LogP contribution >= 0.6 is 11.8 Å². The van der Waals surface area contributed by atoms with Crippen LogP contribution in [0.15, 0.2) is 53.8 Å². The molecule has 8 heteroatoms. The second kappa shape index (κ2) is 7.87. The molecule has 4 aromatic rings. The molecule has 0 saturated carbocycles. The van der Waals surface area contributed by atoms with Crippen LogP contribution in [0.5, 0.6) is 11.5 Å². The van der Waals surface area contributed by atoms with Crippen LogP contribution in [0.25, 0.3) is 22.3 Å². The number of aromatic amines is 1. The Balaban J connectivity index is 1.37. The van der Waals surface area contributed by atoms with Gasteiger partial charge < -0.3 is 19.0 Å². The Morgan fingerprint density at radius 1 is 1.13 bits per heavy atom. The highest BCUT2D eigenvalue weighted by Crippen LogP contribution is 2.35. The summed E-state index contributed by atoms with van der Waals surface area (Å²) in [7, 11) is 0. The van der Waals surface area contributed by atoms with Crippen LogP contribution in [-0.2, 0) is 6.54 Å². The summed E-state index contributed by atoms with van der Waals surface area (Å²) in [4.78, 5) is 16.0. The largest absolute Gasteiger partial charge is 0.486 e. The van der Waals surface area contributed by atoms with Crippen LogP contribution in [0.3, 0.4) is 0 Å². The van der Waals surface area contributed by atoms with Gasteiger partial charge in [0.25, 0.3) is 0 Å². The van der Waals surface area contributed by atoms with E-state index in [-0.39, 0.29) is 5.78 Å². The van der Waals surface area contributed by atoms with Gasteiger partial charge in [0.05, 0.1) is 5.75 Å². The lowest BCUT2D eigenvalue weighted by molar-refractivity contribution is 0.102. The van der Waals surface area contributed by atoms with E-state index in [0.29, 0.717) is 36.8 Å². The topological polar surface area (TPSA) is 82.0 Å². The van der Waals surface area contributed by atoms with E-state index in [1.807, 2.05) is 54.0 Å². The van der Waals surface area contributed by atoms with Crippen molar-refractivity contribution in [3.8, 4) is 22.9 Å². The predicted molar refractivity (Wildman–Crippen MR) is 115 cm³/mol. The zero-order valence-electron chi connectivity index (χ0n) is 16.4. The molecule has 1 N–H and O–H groups in total. The lowest BCUT2D eigenvalue weighted by Gasteiger charge is -2.18. The number of H-pyrrole nitrogens is 1. The molecule has 0 saturated heterocycles. The van der Waals surface area contributed by atoms with Crippen molar-refractivity contribution in [3.63, 3.8) is 0 Å². The van der Waals surface area contributed by atoms with E-state index >= 15 is 0 Å². The van der Waals surface area contributed by atoms with Gasteiger partial charge in [-0.05, 0) is 31.2 Å². The summed E-state index contributed by atoms with van der Waals surface area (Å²) in [6, 6.07) is 13.6. The maximum absolute atomic E-state index is 12.8. The number of aromatic nitrogens is 4. The fourth-order valence-corrected chi connectivity index (χ4v) is 4.47. The third-order valence-electron chi connectivity index (χ3n) is 5.06. The summed E-state index contributed by atoms with van der Waals surface area (Å²) < 4.78 is 13.3. The summed E-state index contributed by atoms with van der Waals surface area (Å²) in [5.74, 6) is 2.56. The first-order chi connectivity index (χ1) is 14.7. The molecule has 0 bridgehead atoms. The Hall–Kier alpha value is -3.26. The van der Waals surface area contributed by atoms with Gasteiger partial charge in [-0.15, -0.1) is 10.2 Å². The van der Waals surface area contributed by atoms with Crippen LogP contribution in [0.2, 0.25) is 0 Å². The smallest absolute Gasteiger partial charge is 0.191 e. The summed E-state index contributed by atoms with van der Waals surface area (Å²) in [6.45, 7) is 3.83. The minimum absolute atomic E-state index is 0.0592. The number of para-hydroxylation sites is 1. The Morgan fingerprint density at radius 2 is 1.97 bits per heavy atom. The highest BCUT2D eigenvalue weighted by Gasteiger charge is 2.19. The van der Waals surface area contributed by atoms with E-state index in [4.69, 9.17) is 9.47 Å². The molecule has 152 valence electrons. The molecule has 1 aliphatic rings. The molecule has 0 aliphatic carbocycles. The molecule has 30 heavy (non-hydrogen) atoms. The van der Waals surface area contributed by atoms with Gasteiger partial charge in [-0.1, -0.05) is 30.0 Å². The lowest BCUT2D eigenvalue weighted by atomic mass is 10.1. The summed E-state index contributed by atoms with van der Waals surface area (Å²) in [5.41, 5.74) is 2.57. The Kier molecular flexibility index (Phi) is 4.92. The number of rotatable bonds is 6. The Morgan fingerprint density at radius 3 is 2.83 bits per heavy atom. The van der Waals surface area contributed by atoms with Crippen molar-refractivity contribution in [2.24, 2.45) is 0 Å². The number of hydrogen-bond acceptors (Lipinski definition) is 6. The average molecular weight is 420 g/mol. The van der Waals surface area contributed by atoms with Crippen LogP contribution in [0, 0.1) is 0 Å². The van der Waals surface area contributed by atoms with Gasteiger partial charge in [-0.25, -0.2) is 0 Å². The number of carbonyl (C=O) groups is 1. The summed E-state index contributed by atoms with van der Waals surface area (Å²) in [6.07, 6.45) is 1.78. The molecule has 0 amide bonds. The van der Waals surface area contributed by atoms with Gasteiger partial charge in [0.1, 0.15) is 13.2 Å². The van der Waals surface area contributed by atoms with Crippen LogP contribution in [0.1, 0.15) is 17.3 Å². The van der Waals surface area contributed by atoms with Crippen molar-refractivity contribution in [2.75, 3.05) is 19.0 Å². The summed E-state index contributed by atoms with van der Waals surface area (Å²) in [5, 5.41) is 10.4. The number of thioether (sulfide) groups is 1. The zero-order chi connectivity index (χ0) is 20.5. The first-order valence-electron chi connectivity index (χ1n) is 9.80. The summed E-state index contributed by atoms with van der Waals surface area (Å²) >= 11 is 1.40. The fourth-order valence-electron chi connectivity index (χ4n) is 3.59. The number of hydrogen-bond donors (Lipinski definition) is 1. The molecule has 0 fully saturated rings. The number of Topliss-reactive ketones (excluding diaryl/α,β-unsaturated/α-hetero) is 1. The molecule has 2 aromatic heterocycles. The van der Waals surface area contributed by atoms with Gasteiger partial charge in [-0.2, -0.15) is 0 Å². The average Bonchev–Trinajstić information content (AvgIpc) is 3.41. The molecule has 0 spiro atoms. The zero-order valence-corrected chi connectivity index (χ0v) is 17.2. The molecular weight excluding hydrogens is 400 g/mol. The van der Waals surface area contributed by atoms with E-state index in [9.17, 15) is 4.79 Å². The number of benzene rings is 2. The van der Waals surface area contributed by atoms with E-state index < -0.39 is 0 Å². The number of ketones is 1. The SMILES string of the molecule is CCn1c(SCC(=O)c2c[nH]c3ccccc23)nnc1-c1ccc2c(c1)OCCO2. The minimum atomic E-state index is 0.0592. The van der Waals surface area contributed by atoms with Crippen molar-refractivity contribution in [1.82, 2.24) is 19.7 Å². The first kappa shape index (κ1) is 18.7. The van der Waals surface area contributed by atoms with Crippen LogP contribution in [0.4, 0.5) is 0 Å². The van der Waals surface area contributed by atoms with Crippen molar-refractivity contribution >= 4 is 28.4 Å². The van der Waals surface area contributed by atoms with Gasteiger partial charge in [0.2, 0.25) is 0 Å². The van der Waals surface area contributed by atoms with Gasteiger partial charge in [-0.3, -0.25) is 4.79 Å². The molecule has 2 aromatic carbocycles. The molecule has 7 nitrogen and oxygen atoms in total. The second-order valence-corrected chi connectivity index (χ2v) is 7.81. The molecular formula is C22H20N4O3S. The molecule has 0 atom stereocenters. The quantitative estimate of drug-likeness (QED) is 0.372. The molecule has 5 rings (SSSR count). The second-order valence-electron chi connectivity index (χ2n) is 6.87. The van der Waals surface area contributed by atoms with Crippen LogP contribution < -0.4 is 9.47 Å². The highest BCUT2D eigenvalue weighted by atomic mass is 32.2. The number of ether oxygens (including phenoxy) is 2. The number of carbonyl (C=O) groups excluding carboxylic acids is 1. The normalized spacial score (nSPS) is 13.0. The van der Waals surface area contributed by atoms with Gasteiger partial charge in [0, 0.05) is 34.8 Å². The van der Waals surface area contributed by atoms with E-state index in [1.165, 1.54) is 11.8 Å². The van der Waals surface area contributed by atoms with Crippen molar-refractivity contribution in [1.29, 1.82) is 0 Å². The van der Waals surface area contributed by atoms with E-state index in [1.54, 1.807) is 6.20 Å². The third kappa shape index (κ3) is 3.33. The molecule has 3 heterocycles. The lowest BCUT2D eigenvalue weighted by Crippen LogP contribution is -2.15. The van der Waals surface area contributed by atoms with Gasteiger partial charge >= 0.3 is 0 Å². The maximum atomic E-state index is 12.8. The fraction of sp³-hybridized carbons (Fsp3) is 0.227. The third-order valence-corrected chi connectivity index (χ3v) is 6.02. The van der Waals surface area contributed by atoms with Crippen molar-refractivity contribution in [3.05, 3.63) is 54.2 Å². The maximum Gasteiger partial charge on any atom is 0.191 e. The Labute approximate surface area is 177 Å². The molecule has 0 radical (unpaired) electrons. The number of fused-ring (bicyclic) bond motifs is 2. The Bertz CT molecular complexity index is 1230. The van der Waals surface area contributed by atoms with Crippen molar-refractivity contribution in [2.45, 2.75) is 18.6 Å². The number of nitrogens with one attached hydrogen (secondary N) is 1. The monoisotopic (exact) mass is 420 g/mol. The van der Waals surface area contributed by atoms with E-state index in [2.05, 4.69) is 15.2 Å². The van der Waals surface area contributed by atoms with Crippen LogP contribution in [-0.4, -0.2) is 44.5 Å². The minimum Gasteiger partial charge on any atom is -0.486 e. The predicted octanol–water partition coefficient (Wildman–Crippen LogP) is 4.19. The number of nitrogens with zero attached hydrogens (tertiary/aromatic N) is 3. The highest BCUT2D eigenvalue weighted by molar-refractivity contribution is 7.99. The molecule has 0 unspecified atom stereocenters. The first-order valence-corrected chi connectivity index (χ1v) is 10.8. The standard InChI is InChI=1S/C22H20N4O3S/c1-2-26-21(14-7-8-19-20(11-14)29-10-9-28-19)24-25-22(26)30-13-18(27)16-12-23-17-6-4-3-5-15(16)17/h3-8,11-12,23H,2,9-10,13H2,1H3.